The van der Waals surface area contributed by atoms with E-state index in [1.165, 1.54) is 6.07 Å². The highest BCUT2D eigenvalue weighted by atomic mass is 16.5. The lowest BCUT2D eigenvalue weighted by Gasteiger charge is -2.13. The zero-order valence-corrected chi connectivity index (χ0v) is 19.9. The van der Waals surface area contributed by atoms with Gasteiger partial charge in [-0.15, -0.1) is 0 Å². The predicted molar refractivity (Wildman–Crippen MR) is 138 cm³/mol. The van der Waals surface area contributed by atoms with Crippen LogP contribution in [0.4, 0.5) is 0 Å². The number of nitrogens with one attached hydrogen (secondary N) is 1. The van der Waals surface area contributed by atoms with Crippen molar-refractivity contribution in [2.24, 2.45) is 0 Å². The second-order valence-corrected chi connectivity index (χ2v) is 8.42. The van der Waals surface area contributed by atoms with Crippen LogP contribution in [0.2, 0.25) is 0 Å². The van der Waals surface area contributed by atoms with E-state index < -0.39 is 6.10 Å². The number of carbonyl (C=O) groups is 1. The van der Waals surface area contributed by atoms with Crippen molar-refractivity contribution >= 4 is 16.9 Å². The lowest BCUT2D eigenvalue weighted by atomic mass is 10.1. The van der Waals surface area contributed by atoms with Crippen LogP contribution in [-0.4, -0.2) is 36.9 Å². The van der Waals surface area contributed by atoms with E-state index in [1.807, 2.05) is 60.7 Å². The molecule has 0 saturated carbocycles. The van der Waals surface area contributed by atoms with Crippen molar-refractivity contribution in [3.63, 3.8) is 0 Å². The number of ether oxygens (including phenoxy) is 2. The molecular weight excluding hydrogens is 458 g/mol. The van der Waals surface area contributed by atoms with Gasteiger partial charge in [-0.05, 0) is 30.7 Å². The molecule has 0 spiro atoms. The first-order valence-corrected chi connectivity index (χ1v) is 11.9. The quantitative estimate of drug-likeness (QED) is 0.227. The van der Waals surface area contributed by atoms with Crippen LogP contribution in [-0.2, 0) is 16.1 Å². The van der Waals surface area contributed by atoms with E-state index in [4.69, 9.17) is 13.9 Å². The van der Waals surface area contributed by atoms with E-state index in [9.17, 15) is 14.7 Å². The summed E-state index contributed by atoms with van der Waals surface area (Å²) in [6.07, 6.45) is 0.169. The van der Waals surface area contributed by atoms with Crippen molar-refractivity contribution < 1.29 is 23.8 Å². The summed E-state index contributed by atoms with van der Waals surface area (Å²) in [6.45, 7) is 1.23. The number of hydrogen-bond acceptors (Lipinski definition) is 7. The Labute approximate surface area is 209 Å². The van der Waals surface area contributed by atoms with E-state index >= 15 is 0 Å². The maximum Gasteiger partial charge on any atom is 0.306 e. The third-order valence-corrected chi connectivity index (χ3v) is 5.56. The summed E-state index contributed by atoms with van der Waals surface area (Å²) in [5.74, 6) is 0.734. The lowest BCUT2D eigenvalue weighted by Crippen LogP contribution is -2.32. The van der Waals surface area contributed by atoms with Gasteiger partial charge in [0.2, 0.25) is 0 Å². The van der Waals surface area contributed by atoms with Crippen molar-refractivity contribution in [3.8, 4) is 17.1 Å². The molecule has 3 aromatic carbocycles. The smallest absolute Gasteiger partial charge is 0.306 e. The largest absolute Gasteiger partial charge is 0.491 e. The Bertz CT molecular complexity index is 1320. The number of rotatable bonds is 12. The van der Waals surface area contributed by atoms with Crippen LogP contribution in [0, 0.1) is 0 Å². The molecule has 0 bridgehead atoms. The van der Waals surface area contributed by atoms with Crippen LogP contribution < -0.4 is 15.5 Å². The molecule has 1 unspecified atom stereocenters. The molecule has 0 aliphatic carbocycles. The topological polar surface area (TPSA) is 98.0 Å². The van der Waals surface area contributed by atoms with Crippen LogP contribution in [0.25, 0.3) is 22.3 Å². The maximum absolute atomic E-state index is 12.5. The zero-order valence-electron chi connectivity index (χ0n) is 19.9. The second-order valence-electron chi connectivity index (χ2n) is 8.42. The first kappa shape index (κ1) is 25.2. The van der Waals surface area contributed by atoms with Gasteiger partial charge in [0.25, 0.3) is 0 Å². The van der Waals surface area contributed by atoms with Gasteiger partial charge in [-0.1, -0.05) is 60.7 Å². The predicted octanol–water partition coefficient (Wildman–Crippen LogP) is 4.31. The van der Waals surface area contributed by atoms with Crippen molar-refractivity contribution in [3.05, 3.63) is 101 Å². The minimum absolute atomic E-state index is 0.0697. The molecule has 0 saturated heterocycles. The molecule has 1 atom stereocenters. The van der Waals surface area contributed by atoms with E-state index in [-0.39, 0.29) is 24.6 Å². The fraction of sp³-hybridized carbons (Fsp3) is 0.241. The molecule has 7 nitrogen and oxygen atoms in total. The number of aliphatic hydroxyl groups excluding tert-OH is 1. The standard InChI is InChI=1S/C29H29NO6/c31-23(18-30-15-7-12-29(33)35-19-21-8-3-1-4-9-21)20-34-24-13-14-25-26(32)17-27(36-28(25)16-24)22-10-5-2-6-11-22/h1-6,8-11,13-14,16-17,23,30-31H,7,12,15,18-20H2. The molecular formula is C29H29NO6. The van der Waals surface area contributed by atoms with Gasteiger partial charge in [0.05, 0.1) is 5.39 Å². The lowest BCUT2D eigenvalue weighted by molar-refractivity contribution is -0.145. The summed E-state index contributed by atoms with van der Waals surface area (Å²) >= 11 is 0. The van der Waals surface area contributed by atoms with Gasteiger partial charge in [-0.2, -0.15) is 0 Å². The third kappa shape index (κ3) is 7.28. The Hall–Kier alpha value is -3.94. The monoisotopic (exact) mass is 487 g/mol. The first-order valence-electron chi connectivity index (χ1n) is 11.9. The molecule has 2 N–H and O–H groups in total. The molecule has 0 radical (unpaired) electrons. The van der Waals surface area contributed by atoms with Gasteiger partial charge in [-0.25, -0.2) is 0 Å². The average Bonchev–Trinajstić information content (AvgIpc) is 2.91. The van der Waals surface area contributed by atoms with Crippen molar-refractivity contribution in [1.29, 1.82) is 0 Å². The number of benzene rings is 3. The Morgan fingerprint density at radius 2 is 1.72 bits per heavy atom. The summed E-state index contributed by atoms with van der Waals surface area (Å²) in [5.41, 5.74) is 2.06. The van der Waals surface area contributed by atoms with E-state index in [0.29, 0.717) is 48.4 Å². The van der Waals surface area contributed by atoms with Crippen molar-refractivity contribution in [2.45, 2.75) is 25.6 Å². The molecule has 0 aliphatic rings. The highest BCUT2D eigenvalue weighted by Crippen LogP contribution is 2.24. The van der Waals surface area contributed by atoms with Crippen LogP contribution in [0.15, 0.2) is 94.1 Å². The highest BCUT2D eigenvalue weighted by Gasteiger charge is 2.10. The molecule has 0 fully saturated rings. The van der Waals surface area contributed by atoms with Crippen LogP contribution in [0.1, 0.15) is 18.4 Å². The summed E-state index contributed by atoms with van der Waals surface area (Å²) in [5, 5.41) is 13.8. The number of esters is 1. The molecule has 36 heavy (non-hydrogen) atoms. The van der Waals surface area contributed by atoms with Crippen molar-refractivity contribution in [1.82, 2.24) is 5.32 Å². The van der Waals surface area contributed by atoms with E-state index in [2.05, 4.69) is 5.32 Å². The SMILES string of the molecule is O=C(CCCNCC(O)COc1ccc2c(=O)cc(-c3ccccc3)oc2c1)OCc1ccccc1. The molecule has 1 heterocycles. The van der Waals surface area contributed by atoms with Gasteiger partial charge in [0, 0.05) is 30.7 Å². The van der Waals surface area contributed by atoms with Gasteiger partial charge in [-0.3, -0.25) is 9.59 Å². The number of hydrogen-bond donors (Lipinski definition) is 2. The van der Waals surface area contributed by atoms with Crippen molar-refractivity contribution in [2.75, 3.05) is 19.7 Å². The molecule has 0 aliphatic heterocycles. The van der Waals surface area contributed by atoms with E-state index in [1.54, 1.807) is 18.2 Å². The number of carbonyl (C=O) groups excluding carboxylic acids is 1. The third-order valence-electron chi connectivity index (χ3n) is 5.56. The molecule has 4 rings (SSSR count). The molecule has 1 aromatic heterocycles. The average molecular weight is 488 g/mol. The Kier molecular flexibility index (Phi) is 8.86. The molecule has 4 aromatic rings. The van der Waals surface area contributed by atoms with Gasteiger partial charge in [0.15, 0.2) is 5.43 Å². The maximum atomic E-state index is 12.5. The zero-order chi connectivity index (χ0) is 25.2. The van der Waals surface area contributed by atoms with Gasteiger partial charge in [0.1, 0.15) is 36.4 Å². The number of aliphatic hydroxyl groups is 1. The van der Waals surface area contributed by atoms with Crippen LogP contribution in [0.5, 0.6) is 5.75 Å². The second kappa shape index (κ2) is 12.7. The van der Waals surface area contributed by atoms with E-state index in [0.717, 1.165) is 11.1 Å². The minimum atomic E-state index is -0.742. The summed E-state index contributed by atoms with van der Waals surface area (Å²) in [6, 6.07) is 25.4. The molecule has 7 heteroatoms. The number of fused-ring (bicyclic) bond motifs is 1. The highest BCUT2D eigenvalue weighted by molar-refractivity contribution is 5.80. The Balaban J connectivity index is 1.19. The van der Waals surface area contributed by atoms with Gasteiger partial charge < -0.3 is 24.3 Å². The first-order chi connectivity index (χ1) is 17.6. The van der Waals surface area contributed by atoms with Crippen LogP contribution in [0.3, 0.4) is 0 Å². The summed E-state index contributed by atoms with van der Waals surface area (Å²) in [4.78, 5) is 24.3. The Morgan fingerprint density at radius 3 is 2.50 bits per heavy atom. The fourth-order valence-electron chi connectivity index (χ4n) is 3.66. The van der Waals surface area contributed by atoms with Gasteiger partial charge >= 0.3 is 5.97 Å². The van der Waals surface area contributed by atoms with Crippen LogP contribution >= 0.6 is 0 Å². The summed E-state index contributed by atoms with van der Waals surface area (Å²) in [7, 11) is 0. The minimum Gasteiger partial charge on any atom is -0.491 e. The molecule has 0 amide bonds. The molecule has 186 valence electrons. The Morgan fingerprint density at radius 1 is 0.972 bits per heavy atom. The normalized spacial score (nSPS) is 11.8. The summed E-state index contributed by atoms with van der Waals surface area (Å²) < 4.78 is 16.9. The fourth-order valence-corrected chi connectivity index (χ4v) is 3.66.